The number of hydrogen-bond acceptors (Lipinski definition) is 3. The normalized spacial score (nSPS) is 20.8. The van der Waals surface area contributed by atoms with E-state index in [0.29, 0.717) is 29.8 Å². The highest BCUT2D eigenvalue weighted by atomic mass is 35.5. The molecule has 1 saturated heterocycles. The maximum atomic E-state index is 11.7. The summed E-state index contributed by atoms with van der Waals surface area (Å²) in [6.45, 7) is 0.579. The molecule has 3 rings (SSSR count). The van der Waals surface area contributed by atoms with Gasteiger partial charge < -0.3 is 15.8 Å². The summed E-state index contributed by atoms with van der Waals surface area (Å²) in [5.74, 6) is -0.490. The van der Waals surface area contributed by atoms with Gasteiger partial charge in [-0.05, 0) is 18.4 Å². The molecule has 7 heteroatoms. The second kappa shape index (κ2) is 6.87. The Bertz CT molecular complexity index is 732. The summed E-state index contributed by atoms with van der Waals surface area (Å²) in [5.41, 5.74) is 7.18. The van der Waals surface area contributed by atoms with Gasteiger partial charge >= 0.3 is 0 Å². The minimum atomic E-state index is -0.293. The molecule has 5 nitrogen and oxygen atoms in total. The lowest BCUT2D eigenvalue weighted by molar-refractivity contribution is -0.605. The number of nitrogens with zero attached hydrogens (tertiary/aromatic N) is 2. The number of anilines is 1. The third-order valence-electron chi connectivity index (χ3n) is 4.41. The first-order valence-electron chi connectivity index (χ1n) is 7.66. The molecule has 0 saturated carbocycles. The molecule has 1 aromatic heterocycles. The number of pyridine rings is 1. The number of aromatic nitrogens is 1. The van der Waals surface area contributed by atoms with Gasteiger partial charge in [-0.2, -0.15) is 4.73 Å². The fourth-order valence-corrected chi connectivity index (χ4v) is 3.92. The van der Waals surface area contributed by atoms with E-state index >= 15 is 0 Å². The van der Waals surface area contributed by atoms with E-state index in [1.807, 2.05) is 30.3 Å². The minimum absolute atomic E-state index is 0.0880. The standard InChI is InChI=1S/C17H17Cl2N3O2/c18-13-9-21(24)10-14(19)16(13)22-7-6-12(17(20)23)8-15(22)11-4-2-1-3-5-11/h1-5,9-10,12,15H,6-8H2,(H2,20,23). The number of halogens is 2. The summed E-state index contributed by atoms with van der Waals surface area (Å²) in [6.07, 6.45) is 3.77. The van der Waals surface area contributed by atoms with Gasteiger partial charge in [0.25, 0.3) is 0 Å². The summed E-state index contributed by atoms with van der Waals surface area (Å²) >= 11 is 12.6. The van der Waals surface area contributed by atoms with Crippen LogP contribution in [0.3, 0.4) is 0 Å². The number of amides is 1. The largest absolute Gasteiger partial charge is 0.619 e. The van der Waals surface area contributed by atoms with Crippen molar-refractivity contribution in [3.05, 3.63) is 63.5 Å². The molecular formula is C17H17Cl2N3O2. The zero-order chi connectivity index (χ0) is 17.3. The summed E-state index contributed by atoms with van der Waals surface area (Å²) in [6, 6.07) is 9.74. The van der Waals surface area contributed by atoms with Gasteiger partial charge in [-0.1, -0.05) is 53.5 Å². The highest BCUT2D eigenvalue weighted by Crippen LogP contribution is 2.42. The summed E-state index contributed by atoms with van der Waals surface area (Å²) in [7, 11) is 0. The van der Waals surface area contributed by atoms with Crippen LogP contribution in [0.5, 0.6) is 0 Å². The van der Waals surface area contributed by atoms with Gasteiger partial charge in [0.05, 0.1) is 11.7 Å². The predicted molar refractivity (Wildman–Crippen MR) is 93.9 cm³/mol. The highest BCUT2D eigenvalue weighted by Gasteiger charge is 2.34. The molecule has 0 bridgehead atoms. The Morgan fingerprint density at radius 1 is 1.21 bits per heavy atom. The summed E-state index contributed by atoms with van der Waals surface area (Å²) < 4.78 is 0.585. The minimum Gasteiger partial charge on any atom is -0.619 e. The van der Waals surface area contributed by atoms with E-state index in [1.165, 1.54) is 12.4 Å². The zero-order valence-corrected chi connectivity index (χ0v) is 14.4. The SMILES string of the molecule is NC(=O)C1CCN(c2c(Cl)c[n+]([O-])cc2Cl)C(c2ccccc2)C1. The maximum absolute atomic E-state index is 11.7. The number of rotatable bonds is 3. The monoisotopic (exact) mass is 365 g/mol. The summed E-state index contributed by atoms with van der Waals surface area (Å²) in [4.78, 5) is 13.7. The number of hydrogen-bond donors (Lipinski definition) is 1. The molecule has 2 unspecified atom stereocenters. The van der Waals surface area contributed by atoms with Crippen molar-refractivity contribution < 1.29 is 9.52 Å². The Kier molecular flexibility index (Phi) is 4.83. The number of benzene rings is 1. The van der Waals surface area contributed by atoms with Gasteiger partial charge in [0.1, 0.15) is 10.0 Å². The van der Waals surface area contributed by atoms with Crippen LogP contribution in [0.15, 0.2) is 42.7 Å². The topological polar surface area (TPSA) is 73.3 Å². The molecule has 1 aromatic carbocycles. The van der Waals surface area contributed by atoms with Crippen molar-refractivity contribution in [3.8, 4) is 0 Å². The molecule has 2 aromatic rings. The van der Waals surface area contributed by atoms with Crippen LogP contribution in [0, 0.1) is 11.1 Å². The Morgan fingerprint density at radius 2 is 1.83 bits per heavy atom. The van der Waals surface area contributed by atoms with E-state index in [4.69, 9.17) is 28.9 Å². The van der Waals surface area contributed by atoms with Crippen LogP contribution >= 0.6 is 23.2 Å². The van der Waals surface area contributed by atoms with E-state index in [1.54, 1.807) is 0 Å². The van der Waals surface area contributed by atoms with Crippen LogP contribution in [0.4, 0.5) is 5.69 Å². The number of primary amides is 1. The number of nitrogens with two attached hydrogens (primary N) is 1. The van der Waals surface area contributed by atoms with Gasteiger partial charge in [-0.15, -0.1) is 0 Å². The molecule has 1 amide bonds. The van der Waals surface area contributed by atoms with E-state index < -0.39 is 0 Å². The molecule has 24 heavy (non-hydrogen) atoms. The van der Waals surface area contributed by atoms with E-state index in [0.717, 1.165) is 5.56 Å². The van der Waals surface area contributed by atoms with Crippen molar-refractivity contribution in [3.63, 3.8) is 0 Å². The predicted octanol–water partition coefficient (Wildman–Crippen LogP) is 3.07. The smallest absolute Gasteiger partial charge is 0.220 e. The maximum Gasteiger partial charge on any atom is 0.220 e. The quantitative estimate of drug-likeness (QED) is 0.670. The molecule has 0 aliphatic carbocycles. The van der Waals surface area contributed by atoms with Crippen molar-refractivity contribution in [1.29, 1.82) is 0 Å². The van der Waals surface area contributed by atoms with Crippen LogP contribution in [-0.4, -0.2) is 12.5 Å². The van der Waals surface area contributed by atoms with Gasteiger partial charge in [0, 0.05) is 12.5 Å². The molecule has 2 heterocycles. The fraction of sp³-hybridized carbons (Fsp3) is 0.294. The highest BCUT2D eigenvalue weighted by molar-refractivity contribution is 6.38. The molecule has 1 aliphatic rings. The molecule has 126 valence electrons. The number of piperidine rings is 1. The molecule has 1 fully saturated rings. The number of carbonyl (C=O) groups excluding carboxylic acids is 1. The summed E-state index contributed by atoms with van der Waals surface area (Å²) in [5, 5.41) is 12.1. The average Bonchev–Trinajstić information content (AvgIpc) is 2.55. The van der Waals surface area contributed by atoms with Crippen molar-refractivity contribution in [1.82, 2.24) is 0 Å². The van der Waals surface area contributed by atoms with Gasteiger partial charge in [-0.3, -0.25) is 4.79 Å². The number of carbonyl (C=O) groups is 1. The first-order chi connectivity index (χ1) is 11.5. The molecule has 1 aliphatic heterocycles. The zero-order valence-electron chi connectivity index (χ0n) is 12.9. The second-order valence-electron chi connectivity index (χ2n) is 5.91. The molecule has 2 N–H and O–H groups in total. The van der Waals surface area contributed by atoms with Crippen molar-refractivity contribution in [2.45, 2.75) is 18.9 Å². The Balaban J connectivity index is 2.04. The third kappa shape index (κ3) is 3.28. The van der Waals surface area contributed by atoms with Gasteiger partial charge in [0.2, 0.25) is 18.3 Å². The van der Waals surface area contributed by atoms with E-state index in [9.17, 15) is 10.0 Å². The van der Waals surface area contributed by atoms with Crippen LogP contribution in [0.2, 0.25) is 10.0 Å². The lowest BCUT2D eigenvalue weighted by Gasteiger charge is -2.41. The average molecular weight is 366 g/mol. The molecule has 0 spiro atoms. The lowest BCUT2D eigenvalue weighted by atomic mass is 9.86. The van der Waals surface area contributed by atoms with Crippen molar-refractivity contribution >= 4 is 34.8 Å². The molecule has 2 atom stereocenters. The lowest BCUT2D eigenvalue weighted by Crippen LogP contribution is -2.41. The Hall–Kier alpha value is -1.98. The van der Waals surface area contributed by atoms with Crippen LogP contribution in [0.1, 0.15) is 24.4 Å². The first kappa shape index (κ1) is 16.9. The van der Waals surface area contributed by atoms with Gasteiger partial charge in [0.15, 0.2) is 0 Å². The van der Waals surface area contributed by atoms with E-state index in [-0.39, 0.29) is 27.9 Å². The van der Waals surface area contributed by atoms with Crippen molar-refractivity contribution in [2.75, 3.05) is 11.4 Å². The van der Waals surface area contributed by atoms with E-state index in [2.05, 4.69) is 4.90 Å². The van der Waals surface area contributed by atoms with Crippen LogP contribution in [0.25, 0.3) is 0 Å². The van der Waals surface area contributed by atoms with Gasteiger partial charge in [-0.25, -0.2) is 0 Å². The molecule has 0 radical (unpaired) electrons. The van der Waals surface area contributed by atoms with Crippen LogP contribution < -0.4 is 15.4 Å². The second-order valence-corrected chi connectivity index (χ2v) is 6.72. The fourth-order valence-electron chi connectivity index (χ4n) is 3.25. The Labute approximate surface area is 150 Å². The van der Waals surface area contributed by atoms with Crippen LogP contribution in [-0.2, 0) is 4.79 Å². The third-order valence-corrected chi connectivity index (χ3v) is 4.96. The first-order valence-corrected chi connectivity index (χ1v) is 8.41. The molecular weight excluding hydrogens is 349 g/mol. The van der Waals surface area contributed by atoms with Crippen molar-refractivity contribution in [2.24, 2.45) is 11.7 Å². The Morgan fingerprint density at radius 3 is 2.42 bits per heavy atom.